The van der Waals surface area contributed by atoms with E-state index in [4.69, 9.17) is 0 Å². The van der Waals surface area contributed by atoms with Crippen LogP contribution in [0.2, 0.25) is 0 Å². The van der Waals surface area contributed by atoms with Crippen LogP contribution >= 0.6 is 0 Å². The number of likely N-dealkylation sites (tertiary alicyclic amines) is 1. The summed E-state index contributed by atoms with van der Waals surface area (Å²) in [6, 6.07) is 14.3. The molecule has 1 saturated heterocycles. The number of carbonyl (C=O) groups is 2. The summed E-state index contributed by atoms with van der Waals surface area (Å²) in [5.74, 6) is -0.225. The maximum absolute atomic E-state index is 12.3. The van der Waals surface area contributed by atoms with Gasteiger partial charge in [0.1, 0.15) is 0 Å². The molecule has 26 heavy (non-hydrogen) atoms. The summed E-state index contributed by atoms with van der Waals surface area (Å²) in [5, 5.41) is 1.28. The van der Waals surface area contributed by atoms with E-state index in [0.717, 1.165) is 37.2 Å². The standard InChI is InChI=1S/C22H20N2O2/c25-20-10-14-4-3-6-18(21(14)22(20)26)15-8-9-24(12-15)13-16-11-23-19-7-2-1-5-17(16)19/h1-7,11,15,23H,8-10,12-13H2. The van der Waals surface area contributed by atoms with Crippen molar-refractivity contribution in [3.8, 4) is 0 Å². The maximum Gasteiger partial charge on any atom is 0.229 e. The topological polar surface area (TPSA) is 53.2 Å². The van der Waals surface area contributed by atoms with Gasteiger partial charge in [-0.2, -0.15) is 0 Å². The smallest absolute Gasteiger partial charge is 0.229 e. The molecule has 1 aliphatic carbocycles. The van der Waals surface area contributed by atoms with Crippen molar-refractivity contribution in [2.24, 2.45) is 0 Å². The molecule has 1 atom stereocenters. The van der Waals surface area contributed by atoms with E-state index in [-0.39, 0.29) is 18.0 Å². The SMILES string of the molecule is O=C1Cc2cccc(C3CCN(Cc4c[nH]c5ccccc45)C3)c2C1=O. The van der Waals surface area contributed by atoms with Crippen LogP contribution in [0.1, 0.15) is 39.4 Å². The van der Waals surface area contributed by atoms with E-state index >= 15 is 0 Å². The Labute approximate surface area is 151 Å². The van der Waals surface area contributed by atoms with Gasteiger partial charge in [0.2, 0.25) is 11.6 Å². The van der Waals surface area contributed by atoms with Crippen LogP contribution in [0, 0.1) is 0 Å². The first-order valence-electron chi connectivity index (χ1n) is 9.17. The highest BCUT2D eigenvalue weighted by Crippen LogP contribution is 2.35. The van der Waals surface area contributed by atoms with E-state index in [2.05, 4.69) is 34.3 Å². The second-order valence-corrected chi connectivity index (χ2v) is 7.39. The Hall–Kier alpha value is -2.72. The molecular weight excluding hydrogens is 324 g/mol. The summed E-state index contributed by atoms with van der Waals surface area (Å²) in [6.07, 6.45) is 3.40. The van der Waals surface area contributed by atoms with Crippen molar-refractivity contribution >= 4 is 22.5 Å². The molecule has 5 rings (SSSR count). The molecule has 0 bridgehead atoms. The molecule has 0 amide bonds. The summed E-state index contributed by atoms with van der Waals surface area (Å²) in [6.45, 7) is 2.84. The molecule has 1 fully saturated rings. The molecule has 0 saturated carbocycles. The van der Waals surface area contributed by atoms with Gasteiger partial charge in [-0.05, 0) is 41.6 Å². The van der Waals surface area contributed by atoms with Gasteiger partial charge in [-0.3, -0.25) is 14.5 Å². The number of H-pyrrole nitrogens is 1. The number of ketones is 2. The largest absolute Gasteiger partial charge is 0.361 e. The first-order chi connectivity index (χ1) is 12.7. The molecule has 1 aliphatic heterocycles. The fourth-order valence-corrected chi connectivity index (χ4v) is 4.51. The minimum atomic E-state index is -0.286. The normalized spacial score (nSPS) is 20.2. The van der Waals surface area contributed by atoms with Crippen molar-refractivity contribution in [3.05, 3.63) is 70.9 Å². The molecule has 4 heteroatoms. The van der Waals surface area contributed by atoms with Crippen molar-refractivity contribution in [1.82, 2.24) is 9.88 Å². The number of nitrogens with zero attached hydrogens (tertiary/aromatic N) is 1. The lowest BCUT2D eigenvalue weighted by Gasteiger charge is -2.17. The summed E-state index contributed by atoms with van der Waals surface area (Å²) in [7, 11) is 0. The van der Waals surface area contributed by atoms with Crippen molar-refractivity contribution in [2.75, 3.05) is 13.1 Å². The molecule has 1 unspecified atom stereocenters. The van der Waals surface area contributed by atoms with Gasteiger partial charge in [0, 0.05) is 42.2 Å². The Morgan fingerprint density at radius 3 is 2.88 bits per heavy atom. The number of hydrogen-bond acceptors (Lipinski definition) is 3. The van der Waals surface area contributed by atoms with Crippen molar-refractivity contribution < 1.29 is 9.59 Å². The molecular formula is C22H20N2O2. The maximum atomic E-state index is 12.3. The van der Waals surface area contributed by atoms with Crippen molar-refractivity contribution in [1.29, 1.82) is 0 Å². The van der Waals surface area contributed by atoms with Gasteiger partial charge in [-0.25, -0.2) is 0 Å². The predicted octanol–water partition coefficient (Wildman–Crippen LogP) is 3.47. The molecule has 130 valence electrons. The van der Waals surface area contributed by atoms with Crippen LogP contribution in [-0.2, 0) is 17.8 Å². The van der Waals surface area contributed by atoms with Crippen LogP contribution in [0.25, 0.3) is 10.9 Å². The highest BCUT2D eigenvalue weighted by molar-refractivity contribution is 6.47. The summed E-state index contributed by atoms with van der Waals surface area (Å²) in [4.78, 5) is 29.9. The first-order valence-corrected chi connectivity index (χ1v) is 9.17. The van der Waals surface area contributed by atoms with Crippen LogP contribution in [0.5, 0.6) is 0 Å². The number of Topliss-reactive ketones (excluding diaryl/α,β-unsaturated/α-hetero) is 2. The second kappa shape index (κ2) is 5.92. The van der Waals surface area contributed by atoms with E-state index in [1.807, 2.05) is 24.3 Å². The number of rotatable bonds is 3. The van der Waals surface area contributed by atoms with Gasteiger partial charge in [0.05, 0.1) is 0 Å². The number of benzene rings is 2. The number of para-hydroxylation sites is 1. The van der Waals surface area contributed by atoms with E-state index in [0.29, 0.717) is 11.5 Å². The summed E-state index contributed by atoms with van der Waals surface area (Å²) >= 11 is 0. The number of carbonyl (C=O) groups excluding carboxylic acids is 2. The third-order valence-corrected chi connectivity index (χ3v) is 5.80. The zero-order valence-electron chi connectivity index (χ0n) is 14.5. The summed E-state index contributed by atoms with van der Waals surface area (Å²) < 4.78 is 0. The van der Waals surface area contributed by atoms with Crippen LogP contribution in [0.4, 0.5) is 0 Å². The Bertz CT molecular complexity index is 1030. The zero-order valence-corrected chi connectivity index (χ0v) is 14.5. The lowest BCUT2D eigenvalue weighted by Crippen LogP contribution is -2.20. The first kappa shape index (κ1) is 15.5. The van der Waals surface area contributed by atoms with E-state index < -0.39 is 0 Å². The van der Waals surface area contributed by atoms with Crippen LogP contribution < -0.4 is 0 Å². The van der Waals surface area contributed by atoms with E-state index in [1.54, 1.807) is 0 Å². The van der Waals surface area contributed by atoms with Gasteiger partial charge in [0.25, 0.3) is 0 Å². The number of hydrogen-bond donors (Lipinski definition) is 1. The third-order valence-electron chi connectivity index (χ3n) is 5.80. The van der Waals surface area contributed by atoms with Gasteiger partial charge in [-0.15, -0.1) is 0 Å². The lowest BCUT2D eigenvalue weighted by molar-refractivity contribution is -0.114. The van der Waals surface area contributed by atoms with Gasteiger partial charge >= 0.3 is 0 Å². The fraction of sp³-hybridized carbons (Fsp3) is 0.273. The molecule has 0 spiro atoms. The summed E-state index contributed by atoms with van der Waals surface area (Å²) in [5.41, 5.74) is 5.15. The third kappa shape index (κ3) is 2.41. The molecule has 2 aromatic carbocycles. The molecule has 0 radical (unpaired) electrons. The number of aromatic amines is 1. The molecule has 3 aromatic rings. The number of nitrogens with one attached hydrogen (secondary N) is 1. The molecule has 2 heterocycles. The minimum absolute atomic E-state index is 0.263. The van der Waals surface area contributed by atoms with E-state index in [9.17, 15) is 9.59 Å². The minimum Gasteiger partial charge on any atom is -0.361 e. The molecule has 4 nitrogen and oxygen atoms in total. The lowest BCUT2D eigenvalue weighted by atomic mass is 9.91. The highest BCUT2D eigenvalue weighted by atomic mass is 16.2. The highest BCUT2D eigenvalue weighted by Gasteiger charge is 2.34. The Morgan fingerprint density at radius 2 is 1.96 bits per heavy atom. The quantitative estimate of drug-likeness (QED) is 0.740. The van der Waals surface area contributed by atoms with Crippen LogP contribution in [0.3, 0.4) is 0 Å². The van der Waals surface area contributed by atoms with E-state index in [1.165, 1.54) is 16.5 Å². The Morgan fingerprint density at radius 1 is 1.08 bits per heavy atom. The van der Waals surface area contributed by atoms with Gasteiger partial charge < -0.3 is 4.98 Å². The average molecular weight is 344 g/mol. The monoisotopic (exact) mass is 344 g/mol. The Balaban J connectivity index is 1.38. The molecule has 1 N–H and O–H groups in total. The van der Waals surface area contributed by atoms with Crippen LogP contribution in [-0.4, -0.2) is 34.5 Å². The molecule has 2 aliphatic rings. The fourth-order valence-electron chi connectivity index (χ4n) is 4.51. The van der Waals surface area contributed by atoms with Crippen molar-refractivity contribution in [3.63, 3.8) is 0 Å². The number of aromatic nitrogens is 1. The average Bonchev–Trinajstić information content (AvgIpc) is 3.35. The molecule has 1 aromatic heterocycles. The predicted molar refractivity (Wildman–Crippen MR) is 100 cm³/mol. The van der Waals surface area contributed by atoms with Gasteiger partial charge in [0.15, 0.2) is 0 Å². The Kier molecular flexibility index (Phi) is 3.54. The van der Waals surface area contributed by atoms with Crippen LogP contribution in [0.15, 0.2) is 48.7 Å². The number of fused-ring (bicyclic) bond motifs is 2. The zero-order chi connectivity index (χ0) is 17.7. The van der Waals surface area contributed by atoms with Gasteiger partial charge in [-0.1, -0.05) is 36.4 Å². The van der Waals surface area contributed by atoms with Crippen molar-refractivity contribution in [2.45, 2.75) is 25.3 Å². The second-order valence-electron chi connectivity index (χ2n) is 7.39.